The fourth-order valence-corrected chi connectivity index (χ4v) is 2.46. The summed E-state index contributed by atoms with van der Waals surface area (Å²) in [5, 5.41) is 12.3. The van der Waals surface area contributed by atoms with Crippen molar-refractivity contribution in [2.45, 2.75) is 46.5 Å². The Balaban J connectivity index is 1.90. The Hall–Kier alpha value is -2.63. The molecule has 0 radical (unpaired) electrons. The van der Waals surface area contributed by atoms with E-state index in [4.69, 9.17) is 0 Å². The van der Waals surface area contributed by atoms with Gasteiger partial charge >= 0.3 is 0 Å². The molecular formula is C19H26N4O2. The predicted molar refractivity (Wildman–Crippen MR) is 98.8 cm³/mol. The van der Waals surface area contributed by atoms with E-state index < -0.39 is 0 Å². The first-order chi connectivity index (χ1) is 11.7. The minimum atomic E-state index is -0.308. The normalized spacial score (nSPS) is 11.2. The lowest BCUT2D eigenvalue weighted by Gasteiger charge is -2.19. The number of hydrogen-bond acceptors (Lipinski definition) is 3. The van der Waals surface area contributed by atoms with Gasteiger partial charge in [0.2, 0.25) is 5.91 Å². The number of aromatic nitrogens is 2. The van der Waals surface area contributed by atoms with E-state index in [-0.39, 0.29) is 23.8 Å². The Kier molecular flexibility index (Phi) is 5.62. The molecule has 0 spiro atoms. The standard InChI is InChI=1S/C19H26N4O2/c1-6-15-12(2)17(23-22-15)21-16(24)11-20-18(25)13-7-9-14(10-8-13)19(3,4)5/h7-10H,6,11H2,1-5H3,(H,20,25)(H2,21,22,23,24). The quantitative estimate of drug-likeness (QED) is 0.781. The van der Waals surface area contributed by atoms with Gasteiger partial charge in [0.05, 0.1) is 6.54 Å². The number of hydrogen-bond donors (Lipinski definition) is 3. The van der Waals surface area contributed by atoms with E-state index in [1.807, 2.05) is 26.0 Å². The van der Waals surface area contributed by atoms with Gasteiger partial charge in [-0.05, 0) is 36.5 Å². The van der Waals surface area contributed by atoms with Crippen LogP contribution >= 0.6 is 0 Å². The second-order valence-corrected chi connectivity index (χ2v) is 7.09. The van der Waals surface area contributed by atoms with Gasteiger partial charge in [-0.1, -0.05) is 39.8 Å². The van der Waals surface area contributed by atoms with Crippen LogP contribution in [-0.2, 0) is 16.6 Å². The summed E-state index contributed by atoms with van der Waals surface area (Å²) in [6, 6.07) is 7.43. The van der Waals surface area contributed by atoms with Gasteiger partial charge in [0.15, 0.2) is 5.82 Å². The maximum Gasteiger partial charge on any atom is 0.251 e. The molecule has 2 aromatic rings. The first-order valence-electron chi connectivity index (χ1n) is 8.44. The third kappa shape index (κ3) is 4.68. The smallest absolute Gasteiger partial charge is 0.251 e. The SMILES string of the molecule is CCc1[nH]nc(NC(=O)CNC(=O)c2ccc(C(C)(C)C)cc2)c1C. The van der Waals surface area contributed by atoms with E-state index in [1.165, 1.54) is 0 Å². The number of carbonyl (C=O) groups excluding carboxylic acids is 2. The van der Waals surface area contributed by atoms with Gasteiger partial charge in [-0.15, -0.1) is 0 Å². The first-order valence-corrected chi connectivity index (χ1v) is 8.44. The highest BCUT2D eigenvalue weighted by molar-refractivity contribution is 5.99. The zero-order valence-electron chi connectivity index (χ0n) is 15.5. The fraction of sp³-hybridized carbons (Fsp3) is 0.421. The number of nitrogens with one attached hydrogen (secondary N) is 3. The number of anilines is 1. The van der Waals surface area contributed by atoms with Crippen LogP contribution in [0.25, 0.3) is 0 Å². The molecule has 0 aliphatic heterocycles. The number of carbonyl (C=O) groups is 2. The van der Waals surface area contributed by atoms with E-state index >= 15 is 0 Å². The van der Waals surface area contributed by atoms with Crippen LogP contribution in [0.4, 0.5) is 5.82 Å². The molecule has 0 atom stereocenters. The highest BCUT2D eigenvalue weighted by atomic mass is 16.2. The van der Waals surface area contributed by atoms with Crippen LogP contribution in [-0.4, -0.2) is 28.6 Å². The minimum Gasteiger partial charge on any atom is -0.343 e. The largest absolute Gasteiger partial charge is 0.343 e. The number of rotatable bonds is 5. The predicted octanol–water partition coefficient (Wildman–Crippen LogP) is 2.95. The van der Waals surface area contributed by atoms with Crippen molar-refractivity contribution < 1.29 is 9.59 Å². The maximum absolute atomic E-state index is 12.2. The molecule has 0 saturated heterocycles. The number of aryl methyl sites for hydroxylation is 1. The van der Waals surface area contributed by atoms with Crippen molar-refractivity contribution in [1.82, 2.24) is 15.5 Å². The number of amides is 2. The molecule has 0 aliphatic carbocycles. The third-order valence-corrected chi connectivity index (χ3v) is 4.14. The zero-order valence-corrected chi connectivity index (χ0v) is 15.5. The number of H-pyrrole nitrogens is 1. The van der Waals surface area contributed by atoms with Crippen LogP contribution < -0.4 is 10.6 Å². The topological polar surface area (TPSA) is 86.9 Å². The van der Waals surface area contributed by atoms with Gasteiger partial charge in [0, 0.05) is 16.8 Å². The van der Waals surface area contributed by atoms with Crippen LogP contribution in [0.1, 0.15) is 54.9 Å². The highest BCUT2D eigenvalue weighted by Gasteiger charge is 2.15. The summed E-state index contributed by atoms with van der Waals surface area (Å²) in [6.45, 7) is 10.2. The Morgan fingerprint density at radius 3 is 2.32 bits per heavy atom. The Bertz CT molecular complexity index is 755. The molecule has 0 aliphatic rings. The lowest BCUT2D eigenvalue weighted by Crippen LogP contribution is -2.33. The van der Waals surface area contributed by atoms with Crippen molar-refractivity contribution in [2.24, 2.45) is 0 Å². The van der Waals surface area contributed by atoms with Crippen LogP contribution in [0, 0.1) is 6.92 Å². The third-order valence-electron chi connectivity index (χ3n) is 4.14. The van der Waals surface area contributed by atoms with Gasteiger partial charge in [-0.2, -0.15) is 5.10 Å². The molecule has 0 fully saturated rings. The average Bonchev–Trinajstić information content (AvgIpc) is 2.92. The van der Waals surface area contributed by atoms with Crippen LogP contribution in [0.2, 0.25) is 0 Å². The lowest BCUT2D eigenvalue weighted by atomic mass is 9.87. The van der Waals surface area contributed by atoms with Crippen molar-refractivity contribution in [3.05, 3.63) is 46.6 Å². The molecule has 2 rings (SSSR count). The van der Waals surface area contributed by atoms with Gasteiger partial charge in [0.25, 0.3) is 5.91 Å². The van der Waals surface area contributed by atoms with Gasteiger partial charge in [0.1, 0.15) is 0 Å². The summed E-state index contributed by atoms with van der Waals surface area (Å²) in [4.78, 5) is 24.2. The van der Waals surface area contributed by atoms with Gasteiger partial charge in [-0.3, -0.25) is 14.7 Å². The molecule has 0 bridgehead atoms. The minimum absolute atomic E-state index is 0.0354. The Labute approximate surface area is 148 Å². The first kappa shape index (κ1) is 18.7. The molecule has 2 amide bonds. The van der Waals surface area contributed by atoms with Gasteiger partial charge < -0.3 is 10.6 Å². The lowest BCUT2D eigenvalue weighted by molar-refractivity contribution is -0.115. The van der Waals surface area contributed by atoms with Crippen molar-refractivity contribution in [3.8, 4) is 0 Å². The van der Waals surface area contributed by atoms with E-state index in [9.17, 15) is 9.59 Å². The monoisotopic (exact) mass is 342 g/mol. The molecule has 3 N–H and O–H groups in total. The number of aromatic amines is 1. The summed E-state index contributed by atoms with van der Waals surface area (Å²) in [7, 11) is 0. The summed E-state index contributed by atoms with van der Waals surface area (Å²) in [6.07, 6.45) is 0.815. The van der Waals surface area contributed by atoms with Crippen molar-refractivity contribution in [2.75, 3.05) is 11.9 Å². The van der Waals surface area contributed by atoms with Crippen LogP contribution in [0.5, 0.6) is 0 Å². The molecule has 25 heavy (non-hydrogen) atoms. The summed E-state index contributed by atoms with van der Waals surface area (Å²) in [5.74, 6) is -0.0776. The van der Waals surface area contributed by atoms with E-state index in [0.29, 0.717) is 11.4 Å². The van der Waals surface area contributed by atoms with Crippen LogP contribution in [0.3, 0.4) is 0 Å². The number of nitrogens with zero attached hydrogens (tertiary/aromatic N) is 1. The van der Waals surface area contributed by atoms with Crippen molar-refractivity contribution in [3.63, 3.8) is 0 Å². The molecule has 0 unspecified atom stereocenters. The summed E-state index contributed by atoms with van der Waals surface area (Å²) < 4.78 is 0. The van der Waals surface area contributed by atoms with E-state index in [0.717, 1.165) is 23.2 Å². The Morgan fingerprint density at radius 2 is 1.80 bits per heavy atom. The van der Waals surface area contributed by atoms with Crippen LogP contribution in [0.15, 0.2) is 24.3 Å². The van der Waals surface area contributed by atoms with E-state index in [2.05, 4.69) is 41.6 Å². The number of benzene rings is 1. The molecule has 6 heteroatoms. The summed E-state index contributed by atoms with van der Waals surface area (Å²) >= 11 is 0. The highest BCUT2D eigenvalue weighted by Crippen LogP contribution is 2.22. The molecule has 134 valence electrons. The molecule has 1 aromatic carbocycles. The molecule has 1 aromatic heterocycles. The van der Waals surface area contributed by atoms with Gasteiger partial charge in [-0.25, -0.2) is 0 Å². The second kappa shape index (κ2) is 7.51. The molecule has 1 heterocycles. The maximum atomic E-state index is 12.2. The fourth-order valence-electron chi connectivity index (χ4n) is 2.46. The molecular weight excluding hydrogens is 316 g/mol. The summed E-state index contributed by atoms with van der Waals surface area (Å²) in [5.41, 5.74) is 3.62. The van der Waals surface area contributed by atoms with Crippen molar-refractivity contribution >= 4 is 17.6 Å². The van der Waals surface area contributed by atoms with E-state index in [1.54, 1.807) is 12.1 Å². The van der Waals surface area contributed by atoms with Crippen molar-refractivity contribution in [1.29, 1.82) is 0 Å². The Morgan fingerprint density at radius 1 is 1.16 bits per heavy atom. The molecule has 6 nitrogen and oxygen atoms in total. The second-order valence-electron chi connectivity index (χ2n) is 7.09. The average molecular weight is 342 g/mol. The molecule has 0 saturated carbocycles. The zero-order chi connectivity index (χ0) is 18.6.